The maximum atomic E-state index is 12.4. The molecule has 10 atom stereocenters. The molecule has 0 spiro atoms. The minimum atomic E-state index is -5.45. The van der Waals surface area contributed by atoms with Gasteiger partial charge in [0.2, 0.25) is 5.91 Å². The third kappa shape index (κ3) is 7.47. The van der Waals surface area contributed by atoms with Crippen LogP contribution in [0.15, 0.2) is 24.2 Å². The van der Waals surface area contributed by atoms with E-state index >= 15 is 0 Å². The van der Waals surface area contributed by atoms with Crippen LogP contribution >= 0.6 is 15.6 Å². The largest absolute Gasteiger partial charge is 0.483 e. The highest BCUT2D eigenvalue weighted by atomic mass is 31.3. The molecule has 7 N–H and O–H groups in total. The van der Waals surface area contributed by atoms with Crippen LogP contribution in [-0.4, -0.2) is 97.5 Å². The van der Waals surface area contributed by atoms with E-state index in [2.05, 4.69) is 26.0 Å². The van der Waals surface area contributed by atoms with Gasteiger partial charge in [0.25, 0.3) is 5.91 Å². The highest BCUT2D eigenvalue weighted by molar-refractivity contribution is 7.61. The molecule has 0 aromatic carbocycles. The van der Waals surface area contributed by atoms with Crippen molar-refractivity contribution in [1.82, 2.24) is 15.5 Å². The summed E-state index contributed by atoms with van der Waals surface area (Å²) in [5.74, 6) is -0.804. The summed E-state index contributed by atoms with van der Waals surface area (Å²) in [7, 11) is -10.8. The number of phosphoric ester groups is 2. The Morgan fingerprint density at radius 3 is 2.53 bits per heavy atom. The van der Waals surface area contributed by atoms with Crippen LogP contribution in [0, 0.1) is 0 Å². The molecule has 3 aliphatic rings. The summed E-state index contributed by atoms with van der Waals surface area (Å²) in [6.45, 7) is 6.94. The Morgan fingerprint density at radius 2 is 1.89 bits per heavy atom. The number of nitrogens with zero attached hydrogens (tertiary/aromatic N) is 1. The quantitative estimate of drug-likeness (QED) is 0.152. The van der Waals surface area contributed by atoms with E-state index < -0.39 is 77.2 Å². The molecule has 3 rings (SSSR count). The molecule has 2 saturated heterocycles. The molecular weight excluding hydrogens is 556 g/mol. The number of aliphatic hydroxyl groups is 3. The van der Waals surface area contributed by atoms with E-state index in [1.54, 1.807) is 6.92 Å². The van der Waals surface area contributed by atoms with Gasteiger partial charge in [-0.15, -0.1) is 0 Å². The van der Waals surface area contributed by atoms with Crippen molar-refractivity contribution < 1.29 is 66.7 Å². The van der Waals surface area contributed by atoms with E-state index in [1.807, 2.05) is 0 Å². The highest BCUT2D eigenvalue weighted by Crippen LogP contribution is 2.61. The number of carbonyl (C=O) groups excluding carboxylic acids is 2. The molecule has 3 aliphatic heterocycles. The predicted molar refractivity (Wildman–Crippen MR) is 124 cm³/mol. The summed E-state index contributed by atoms with van der Waals surface area (Å²) in [4.78, 5) is 44.5. The highest BCUT2D eigenvalue weighted by Gasteiger charge is 2.48. The van der Waals surface area contributed by atoms with Crippen LogP contribution in [0.25, 0.3) is 0 Å². The molecule has 0 saturated carbocycles. The van der Waals surface area contributed by atoms with Gasteiger partial charge in [-0.05, 0) is 13.8 Å². The fraction of sp³-hybridized carbons (Fsp3) is 0.684. The van der Waals surface area contributed by atoms with Gasteiger partial charge in [0.15, 0.2) is 6.29 Å². The lowest BCUT2D eigenvalue weighted by molar-refractivity contribution is -0.244. The van der Waals surface area contributed by atoms with Crippen molar-refractivity contribution in [1.29, 1.82) is 0 Å². The lowest BCUT2D eigenvalue weighted by Crippen LogP contribution is -2.63. The molecule has 3 heterocycles. The summed E-state index contributed by atoms with van der Waals surface area (Å²) in [5.41, 5.74) is 0.349. The van der Waals surface area contributed by atoms with Crippen molar-refractivity contribution in [2.75, 3.05) is 6.61 Å². The summed E-state index contributed by atoms with van der Waals surface area (Å²) in [5, 5.41) is 35.5. The molecule has 216 valence electrons. The van der Waals surface area contributed by atoms with Gasteiger partial charge in [-0.1, -0.05) is 6.58 Å². The molecule has 5 unspecified atom stereocenters. The first-order valence-corrected chi connectivity index (χ1v) is 14.3. The van der Waals surface area contributed by atoms with E-state index in [0.717, 1.165) is 6.92 Å². The number of ether oxygens (including phenoxy) is 2. The number of aliphatic hydroxyl groups excluding tert-OH is 3. The molecule has 2 amide bonds. The first kappa shape index (κ1) is 30.8. The Bertz CT molecular complexity index is 1070. The van der Waals surface area contributed by atoms with Gasteiger partial charge in [0.1, 0.15) is 30.4 Å². The number of phosphoric acid groups is 2. The standard InChI is InChI=1S/C19H31N3O14P2/c1-8-6-22(10(3)20-18(8)27)14-5-12(24)13(34-14)7-32-37(28,29)36-38(30,31)35-19-17(26)15(21-11(4)23)16(25)9(2)33-19/h6,9,12-17,19,24-26H,3,5,7H2,1-2,4H3,(H,20,27)(H,21,23)(H,28,29)(H,30,31)/t9?,12?,13-,14-,15+,16-,17?,19-/m1/s1. The first-order chi connectivity index (χ1) is 17.5. The third-order valence-corrected chi connectivity index (χ3v) is 8.44. The van der Waals surface area contributed by atoms with Crippen LogP contribution in [-0.2, 0) is 41.6 Å². The van der Waals surface area contributed by atoms with Crippen molar-refractivity contribution in [3.63, 3.8) is 0 Å². The second kappa shape index (κ2) is 11.8. The van der Waals surface area contributed by atoms with Crippen LogP contribution in [0.4, 0.5) is 0 Å². The smallest absolute Gasteiger partial charge is 0.390 e. The van der Waals surface area contributed by atoms with Gasteiger partial charge >= 0.3 is 15.6 Å². The van der Waals surface area contributed by atoms with Crippen molar-refractivity contribution in [2.24, 2.45) is 0 Å². The monoisotopic (exact) mass is 587 g/mol. The van der Waals surface area contributed by atoms with Crippen molar-refractivity contribution in [2.45, 2.75) is 76.3 Å². The molecule has 38 heavy (non-hydrogen) atoms. The Balaban J connectivity index is 1.57. The Labute approximate surface area is 217 Å². The number of nitrogens with one attached hydrogen (secondary N) is 2. The zero-order valence-corrected chi connectivity index (χ0v) is 22.4. The number of carbonyl (C=O) groups is 2. The SMILES string of the molecule is C=C1NC(=O)C(C)=CN1[C@H]1CC(O)[C@@H](COP(=O)(O)OP(=O)(O)O[C@H]2OC(C)[C@@H](O)[C@H](NC(C)=O)C2O)O1. The third-order valence-electron chi connectivity index (χ3n) is 5.83. The minimum absolute atomic E-state index is 0.00129. The van der Waals surface area contributed by atoms with Crippen LogP contribution in [0.2, 0.25) is 0 Å². The predicted octanol–water partition coefficient (Wildman–Crippen LogP) is -1.51. The molecule has 19 heteroatoms. The van der Waals surface area contributed by atoms with E-state index in [-0.39, 0.29) is 18.1 Å². The molecule has 0 aromatic rings. The second-order valence-electron chi connectivity index (χ2n) is 8.89. The second-order valence-corrected chi connectivity index (χ2v) is 11.9. The van der Waals surface area contributed by atoms with Gasteiger partial charge in [-0.2, -0.15) is 4.31 Å². The molecule has 0 aliphatic carbocycles. The molecule has 0 radical (unpaired) electrons. The summed E-state index contributed by atoms with van der Waals surface area (Å²) >= 11 is 0. The van der Waals surface area contributed by atoms with Crippen LogP contribution in [0.3, 0.4) is 0 Å². The van der Waals surface area contributed by atoms with E-state index in [4.69, 9.17) is 14.0 Å². The van der Waals surface area contributed by atoms with Crippen LogP contribution in [0.5, 0.6) is 0 Å². The van der Waals surface area contributed by atoms with Crippen molar-refractivity contribution >= 4 is 27.5 Å². The molecular formula is C19H31N3O14P2. The molecule has 0 aromatic heterocycles. The summed E-state index contributed by atoms with van der Waals surface area (Å²) in [6.07, 6.45) is -8.02. The Hall–Kier alpha value is -1.72. The molecule has 0 bridgehead atoms. The normalized spacial score (nSPS) is 37.2. The van der Waals surface area contributed by atoms with E-state index in [1.165, 1.54) is 18.0 Å². The topological polar surface area (TPSA) is 243 Å². The number of hydrogen-bond acceptors (Lipinski definition) is 13. The fourth-order valence-electron chi connectivity index (χ4n) is 3.93. The first-order valence-electron chi connectivity index (χ1n) is 11.3. The van der Waals surface area contributed by atoms with Crippen molar-refractivity contribution in [3.8, 4) is 0 Å². The summed E-state index contributed by atoms with van der Waals surface area (Å²) < 4.78 is 49.1. The Kier molecular flexibility index (Phi) is 9.57. The van der Waals surface area contributed by atoms with Gasteiger partial charge in [0, 0.05) is 25.1 Å². The maximum absolute atomic E-state index is 12.4. The molecule has 17 nitrogen and oxygen atoms in total. The average molecular weight is 587 g/mol. The van der Waals surface area contributed by atoms with Gasteiger partial charge in [0.05, 0.1) is 24.9 Å². The van der Waals surface area contributed by atoms with E-state index in [9.17, 15) is 43.8 Å². The summed E-state index contributed by atoms with van der Waals surface area (Å²) in [6, 6.07) is -1.35. The van der Waals surface area contributed by atoms with Gasteiger partial charge in [-0.25, -0.2) is 9.13 Å². The number of hydrogen-bond donors (Lipinski definition) is 7. The van der Waals surface area contributed by atoms with Gasteiger partial charge in [-0.3, -0.25) is 18.6 Å². The lowest BCUT2D eigenvalue weighted by atomic mass is 9.97. The average Bonchev–Trinajstić information content (AvgIpc) is 3.15. The number of amides is 2. The fourth-order valence-corrected chi connectivity index (χ4v) is 6.09. The van der Waals surface area contributed by atoms with Crippen LogP contribution < -0.4 is 10.6 Å². The lowest BCUT2D eigenvalue weighted by Gasteiger charge is -2.41. The minimum Gasteiger partial charge on any atom is -0.390 e. The van der Waals surface area contributed by atoms with Crippen LogP contribution in [0.1, 0.15) is 27.2 Å². The Morgan fingerprint density at radius 1 is 1.24 bits per heavy atom. The number of rotatable bonds is 9. The zero-order chi connectivity index (χ0) is 28.6. The van der Waals surface area contributed by atoms with E-state index in [0.29, 0.717) is 5.57 Å². The maximum Gasteiger partial charge on any atom is 0.483 e. The van der Waals surface area contributed by atoms with Gasteiger partial charge < -0.3 is 50.1 Å². The zero-order valence-electron chi connectivity index (χ0n) is 20.6. The molecule has 2 fully saturated rings. The van der Waals surface area contributed by atoms with Crippen molar-refractivity contribution in [3.05, 3.63) is 24.2 Å².